The van der Waals surface area contributed by atoms with Crippen LogP contribution in [0.4, 0.5) is 11.4 Å². The van der Waals surface area contributed by atoms with E-state index in [9.17, 15) is 8.42 Å². The maximum atomic E-state index is 9.19. The van der Waals surface area contributed by atoms with E-state index >= 15 is 0 Å². The van der Waals surface area contributed by atoms with Gasteiger partial charge in [0.1, 0.15) is 6.07 Å². The Morgan fingerprint density at radius 1 is 1.41 bits per heavy atom. The Morgan fingerprint density at radius 2 is 1.94 bits per heavy atom. The molecule has 1 aromatic rings. The predicted molar refractivity (Wildman–Crippen MR) is 67.0 cm³/mol. The molecule has 7 N–H and O–H groups in total. The van der Waals surface area contributed by atoms with Gasteiger partial charge in [0.25, 0.3) is 10.2 Å². The molecule has 1 rings (SSSR count). The summed E-state index contributed by atoms with van der Waals surface area (Å²) in [6.45, 7) is 2.77. The van der Waals surface area contributed by atoms with Crippen molar-refractivity contribution in [1.29, 1.82) is 5.26 Å². The number of nitrogens with one attached hydrogen (secondary N) is 1. The van der Waals surface area contributed by atoms with Crippen molar-refractivity contribution in [3.63, 3.8) is 0 Å². The molecule has 0 aliphatic heterocycles. The number of benzene rings is 1. The third-order valence-corrected chi connectivity index (χ3v) is 1.58. The molecule has 0 aliphatic carbocycles. The number of rotatable bonds is 2. The number of hydrogen-bond acceptors (Lipinski definition) is 5. The molecule has 0 bridgehead atoms. The highest BCUT2D eigenvalue weighted by Crippen LogP contribution is 2.20. The van der Waals surface area contributed by atoms with Crippen LogP contribution in [0.3, 0.4) is 0 Å². The standard InChI is InChI=1S/C9H11N3.H4N2O2S/c1-2-12-9-5-3-4-8(11)7(9)6-10;1-5(2,3)4/h3-5,12H,2,11H2,1H3;(H4,1,2,3,4). The first kappa shape index (κ1) is 15.2. The Balaban J connectivity index is 0.000000437. The van der Waals surface area contributed by atoms with Crippen LogP contribution in [0.1, 0.15) is 12.5 Å². The molecule has 0 aromatic heterocycles. The van der Waals surface area contributed by atoms with Gasteiger partial charge >= 0.3 is 0 Å². The van der Waals surface area contributed by atoms with Crippen molar-refractivity contribution in [2.45, 2.75) is 6.92 Å². The molecule has 1 aromatic carbocycles. The summed E-state index contributed by atoms with van der Waals surface area (Å²) in [5.74, 6) is 0. The first-order valence-corrected chi connectivity index (χ1v) is 6.23. The quantitative estimate of drug-likeness (QED) is 0.538. The van der Waals surface area contributed by atoms with Gasteiger partial charge in [0.15, 0.2) is 0 Å². The van der Waals surface area contributed by atoms with E-state index in [2.05, 4.69) is 21.7 Å². The molecule has 17 heavy (non-hydrogen) atoms. The Kier molecular flexibility index (Phi) is 5.98. The van der Waals surface area contributed by atoms with Gasteiger partial charge in [0.05, 0.1) is 16.9 Å². The fraction of sp³-hybridized carbons (Fsp3) is 0.222. The van der Waals surface area contributed by atoms with Crippen LogP contribution in [-0.4, -0.2) is 15.0 Å². The van der Waals surface area contributed by atoms with E-state index in [1.165, 1.54) is 0 Å². The van der Waals surface area contributed by atoms with E-state index in [4.69, 9.17) is 11.0 Å². The summed E-state index contributed by atoms with van der Waals surface area (Å²) in [5, 5.41) is 20.0. The largest absolute Gasteiger partial charge is 0.398 e. The number of nitriles is 1. The van der Waals surface area contributed by atoms with Crippen LogP contribution in [0.5, 0.6) is 0 Å². The lowest BCUT2D eigenvalue weighted by Crippen LogP contribution is -2.21. The average molecular weight is 257 g/mol. The summed E-state index contributed by atoms with van der Waals surface area (Å²) in [6, 6.07) is 7.46. The molecule has 0 spiro atoms. The van der Waals surface area contributed by atoms with E-state index in [1.807, 2.05) is 19.1 Å². The highest BCUT2D eigenvalue weighted by Gasteiger charge is 2.02. The maximum absolute atomic E-state index is 9.19. The SMILES string of the molecule is CCNc1cccc(N)c1C#N.NS(N)(=O)=O. The van der Waals surface area contributed by atoms with Crippen LogP contribution in [0.2, 0.25) is 0 Å². The zero-order valence-electron chi connectivity index (χ0n) is 9.34. The summed E-state index contributed by atoms with van der Waals surface area (Å²) in [6.07, 6.45) is 0. The summed E-state index contributed by atoms with van der Waals surface area (Å²) in [5.41, 5.74) is 7.46. The molecule has 0 unspecified atom stereocenters. The molecule has 0 atom stereocenters. The lowest BCUT2D eigenvalue weighted by Gasteiger charge is -2.06. The minimum atomic E-state index is -3.67. The van der Waals surface area contributed by atoms with Crippen molar-refractivity contribution < 1.29 is 8.42 Å². The molecule has 94 valence electrons. The van der Waals surface area contributed by atoms with Crippen LogP contribution < -0.4 is 21.3 Å². The van der Waals surface area contributed by atoms with Gasteiger partial charge < -0.3 is 11.1 Å². The first-order valence-electron chi connectivity index (χ1n) is 4.62. The smallest absolute Gasteiger partial charge is 0.271 e. The lowest BCUT2D eigenvalue weighted by molar-refractivity contribution is 0.599. The molecule has 0 saturated carbocycles. The van der Waals surface area contributed by atoms with E-state index < -0.39 is 10.2 Å². The van der Waals surface area contributed by atoms with Crippen molar-refractivity contribution in [3.8, 4) is 6.07 Å². The molecule has 0 aliphatic rings. The Bertz CT molecular complexity index is 499. The van der Waals surface area contributed by atoms with Crippen LogP contribution in [0, 0.1) is 11.3 Å². The van der Waals surface area contributed by atoms with Crippen molar-refractivity contribution in [3.05, 3.63) is 23.8 Å². The highest BCUT2D eigenvalue weighted by atomic mass is 32.2. The molecular weight excluding hydrogens is 242 g/mol. The Morgan fingerprint density at radius 3 is 2.35 bits per heavy atom. The second kappa shape index (κ2) is 6.70. The summed E-state index contributed by atoms with van der Waals surface area (Å²) < 4.78 is 18.4. The molecule has 0 saturated heterocycles. The molecule has 0 fully saturated rings. The lowest BCUT2D eigenvalue weighted by atomic mass is 10.1. The Hall–Kier alpha value is -1.82. The van der Waals surface area contributed by atoms with Gasteiger partial charge in [-0.1, -0.05) is 6.07 Å². The van der Waals surface area contributed by atoms with Crippen molar-refractivity contribution in [2.75, 3.05) is 17.6 Å². The fourth-order valence-corrected chi connectivity index (χ4v) is 1.03. The summed E-state index contributed by atoms with van der Waals surface area (Å²) >= 11 is 0. The molecule has 7 nitrogen and oxygen atoms in total. The van der Waals surface area contributed by atoms with Gasteiger partial charge in [0, 0.05) is 6.54 Å². The van der Waals surface area contributed by atoms with Gasteiger partial charge in [-0.15, -0.1) is 0 Å². The normalized spacial score (nSPS) is 9.76. The van der Waals surface area contributed by atoms with Crippen LogP contribution >= 0.6 is 0 Å². The average Bonchev–Trinajstić information content (AvgIpc) is 2.16. The predicted octanol–water partition coefficient (Wildman–Crippen LogP) is -0.279. The highest BCUT2D eigenvalue weighted by molar-refractivity contribution is 7.86. The third-order valence-electron chi connectivity index (χ3n) is 1.58. The third kappa shape index (κ3) is 7.13. The fourth-order valence-electron chi connectivity index (χ4n) is 1.03. The molecule has 0 amide bonds. The molecule has 0 heterocycles. The minimum absolute atomic E-state index is 0.524. The number of hydrogen-bond donors (Lipinski definition) is 4. The molecular formula is C9H15N5O2S. The summed E-state index contributed by atoms with van der Waals surface area (Å²) in [4.78, 5) is 0. The van der Waals surface area contributed by atoms with Gasteiger partial charge in [-0.3, -0.25) is 0 Å². The first-order chi connectivity index (χ1) is 7.79. The van der Waals surface area contributed by atoms with E-state index in [0.29, 0.717) is 11.3 Å². The van der Waals surface area contributed by atoms with Gasteiger partial charge in [-0.25, -0.2) is 10.3 Å². The van der Waals surface area contributed by atoms with E-state index in [0.717, 1.165) is 12.2 Å². The van der Waals surface area contributed by atoms with Crippen LogP contribution in [-0.2, 0) is 10.2 Å². The van der Waals surface area contributed by atoms with Gasteiger partial charge in [-0.05, 0) is 19.1 Å². The number of nitrogen functional groups attached to an aromatic ring is 1. The molecule has 8 heteroatoms. The number of nitrogens with two attached hydrogens (primary N) is 3. The summed E-state index contributed by atoms with van der Waals surface area (Å²) in [7, 11) is -3.67. The topological polar surface area (TPSA) is 148 Å². The number of nitrogens with zero attached hydrogens (tertiary/aromatic N) is 1. The minimum Gasteiger partial charge on any atom is -0.398 e. The van der Waals surface area contributed by atoms with Crippen molar-refractivity contribution in [1.82, 2.24) is 0 Å². The zero-order valence-corrected chi connectivity index (χ0v) is 10.2. The number of anilines is 2. The van der Waals surface area contributed by atoms with Crippen molar-refractivity contribution in [2.24, 2.45) is 10.3 Å². The van der Waals surface area contributed by atoms with Crippen LogP contribution in [0.25, 0.3) is 0 Å². The second-order valence-corrected chi connectivity index (χ2v) is 4.18. The Labute approximate surface area is 100 Å². The van der Waals surface area contributed by atoms with Crippen molar-refractivity contribution >= 4 is 21.6 Å². The van der Waals surface area contributed by atoms with Crippen LogP contribution in [0.15, 0.2) is 18.2 Å². The maximum Gasteiger partial charge on any atom is 0.271 e. The van der Waals surface area contributed by atoms with Gasteiger partial charge in [0.2, 0.25) is 0 Å². The molecule has 0 radical (unpaired) electrons. The van der Waals surface area contributed by atoms with Gasteiger partial charge in [-0.2, -0.15) is 13.7 Å². The van der Waals surface area contributed by atoms with E-state index in [-0.39, 0.29) is 0 Å². The zero-order chi connectivity index (χ0) is 13.5. The van der Waals surface area contributed by atoms with E-state index in [1.54, 1.807) is 6.07 Å². The monoisotopic (exact) mass is 257 g/mol. The second-order valence-electron chi connectivity index (χ2n) is 3.00.